The fraction of sp³-hybridized carbons (Fsp3) is 0.286. The third kappa shape index (κ3) is 2.93. The number of carbonyl (C=O) groups excluding carboxylic acids is 1. The molecule has 100 valence electrons. The van der Waals surface area contributed by atoms with Gasteiger partial charge < -0.3 is 14.7 Å². The molecule has 2 rings (SSSR count). The Hall–Kier alpha value is -2.30. The van der Waals surface area contributed by atoms with Crippen LogP contribution in [-0.4, -0.2) is 30.1 Å². The van der Waals surface area contributed by atoms with Crippen LogP contribution in [-0.2, 0) is 16.0 Å². The molecule has 0 aromatic heterocycles. The molecule has 1 amide bonds. The Morgan fingerprint density at radius 2 is 2.26 bits per heavy atom. The minimum Gasteiger partial charge on any atom is -0.482 e. The van der Waals surface area contributed by atoms with Crippen LogP contribution in [0, 0.1) is 0 Å². The Bertz CT molecular complexity index is 524. The lowest BCUT2D eigenvalue weighted by atomic mass is 10.0. The van der Waals surface area contributed by atoms with Crippen molar-refractivity contribution in [1.82, 2.24) is 0 Å². The number of ether oxygens (including phenoxy) is 1. The zero-order valence-electron chi connectivity index (χ0n) is 10.5. The lowest BCUT2D eigenvalue weighted by molar-refractivity contribution is -0.139. The number of aliphatic carboxylic acids is 1. The van der Waals surface area contributed by atoms with Gasteiger partial charge in [-0.2, -0.15) is 0 Å². The molecule has 0 atom stereocenters. The maximum atomic E-state index is 11.8. The van der Waals surface area contributed by atoms with E-state index in [1.165, 1.54) is 0 Å². The Morgan fingerprint density at radius 1 is 1.47 bits per heavy atom. The fourth-order valence-corrected chi connectivity index (χ4v) is 2.10. The summed E-state index contributed by atoms with van der Waals surface area (Å²) < 4.78 is 5.13. The van der Waals surface area contributed by atoms with Crippen molar-refractivity contribution >= 4 is 17.6 Å². The van der Waals surface area contributed by atoms with Crippen LogP contribution >= 0.6 is 0 Å². The summed E-state index contributed by atoms with van der Waals surface area (Å²) in [4.78, 5) is 23.9. The largest absolute Gasteiger partial charge is 0.482 e. The monoisotopic (exact) mass is 261 g/mol. The molecule has 0 spiro atoms. The number of carboxylic acids is 1. The van der Waals surface area contributed by atoms with Crippen LogP contribution < -0.4 is 9.64 Å². The van der Waals surface area contributed by atoms with Crippen LogP contribution in [0.3, 0.4) is 0 Å². The van der Waals surface area contributed by atoms with Gasteiger partial charge in [0.2, 0.25) is 5.91 Å². The normalized spacial score (nSPS) is 13.9. The highest BCUT2D eigenvalue weighted by Crippen LogP contribution is 2.31. The SMILES string of the molecule is C=CCN1C(=O)CCc2cc(OCC(=O)O)ccc21. The van der Waals surface area contributed by atoms with E-state index >= 15 is 0 Å². The van der Waals surface area contributed by atoms with E-state index < -0.39 is 5.97 Å². The zero-order valence-corrected chi connectivity index (χ0v) is 10.5. The van der Waals surface area contributed by atoms with E-state index in [2.05, 4.69) is 6.58 Å². The molecule has 1 aliphatic heterocycles. The van der Waals surface area contributed by atoms with Crippen LogP contribution in [0.15, 0.2) is 30.9 Å². The van der Waals surface area contributed by atoms with Gasteiger partial charge in [-0.05, 0) is 30.2 Å². The Kier molecular flexibility index (Phi) is 3.85. The predicted molar refractivity (Wildman–Crippen MR) is 70.4 cm³/mol. The number of rotatable bonds is 5. The lowest BCUT2D eigenvalue weighted by Gasteiger charge is -2.28. The molecule has 0 saturated heterocycles. The first-order chi connectivity index (χ1) is 9.11. The Labute approximate surface area is 111 Å². The molecule has 0 aliphatic carbocycles. The van der Waals surface area contributed by atoms with E-state index in [9.17, 15) is 9.59 Å². The summed E-state index contributed by atoms with van der Waals surface area (Å²) >= 11 is 0. The van der Waals surface area contributed by atoms with Gasteiger partial charge in [0, 0.05) is 18.7 Å². The van der Waals surface area contributed by atoms with Crippen molar-refractivity contribution in [2.45, 2.75) is 12.8 Å². The van der Waals surface area contributed by atoms with Gasteiger partial charge in [-0.3, -0.25) is 4.79 Å². The highest BCUT2D eigenvalue weighted by Gasteiger charge is 2.23. The number of carbonyl (C=O) groups is 2. The summed E-state index contributed by atoms with van der Waals surface area (Å²) in [5.74, 6) is -0.429. The molecule has 0 bridgehead atoms. The Balaban J connectivity index is 2.23. The second-order valence-electron chi connectivity index (χ2n) is 4.27. The number of benzene rings is 1. The van der Waals surface area contributed by atoms with Gasteiger partial charge in [0.25, 0.3) is 0 Å². The van der Waals surface area contributed by atoms with Crippen molar-refractivity contribution < 1.29 is 19.4 Å². The average Bonchev–Trinajstić information content (AvgIpc) is 2.39. The summed E-state index contributed by atoms with van der Waals surface area (Å²) in [6.45, 7) is 3.75. The fourth-order valence-electron chi connectivity index (χ4n) is 2.10. The number of hydrogen-bond acceptors (Lipinski definition) is 3. The number of amides is 1. The smallest absolute Gasteiger partial charge is 0.341 e. The van der Waals surface area contributed by atoms with Gasteiger partial charge in [-0.15, -0.1) is 6.58 Å². The maximum Gasteiger partial charge on any atom is 0.341 e. The predicted octanol–water partition coefficient (Wildman–Crippen LogP) is 1.62. The minimum atomic E-state index is -1.01. The highest BCUT2D eigenvalue weighted by molar-refractivity contribution is 5.96. The number of hydrogen-bond donors (Lipinski definition) is 1. The van der Waals surface area contributed by atoms with Crippen molar-refractivity contribution in [3.8, 4) is 5.75 Å². The third-order valence-corrected chi connectivity index (χ3v) is 2.92. The number of carboxylic acid groups (broad SMARTS) is 1. The van der Waals surface area contributed by atoms with Crippen molar-refractivity contribution in [2.75, 3.05) is 18.1 Å². The molecule has 1 aromatic rings. The molecular formula is C14H15NO4. The van der Waals surface area contributed by atoms with Crippen LogP contribution in [0.2, 0.25) is 0 Å². The van der Waals surface area contributed by atoms with E-state index in [4.69, 9.17) is 9.84 Å². The molecule has 1 heterocycles. The van der Waals surface area contributed by atoms with Crippen molar-refractivity contribution in [2.24, 2.45) is 0 Å². The molecule has 1 aliphatic rings. The maximum absolute atomic E-state index is 11.8. The van der Waals surface area contributed by atoms with Crippen LogP contribution in [0.1, 0.15) is 12.0 Å². The number of aryl methyl sites for hydroxylation is 1. The van der Waals surface area contributed by atoms with Gasteiger partial charge in [0.1, 0.15) is 5.75 Å². The van der Waals surface area contributed by atoms with Gasteiger partial charge >= 0.3 is 5.97 Å². The van der Waals surface area contributed by atoms with E-state index in [-0.39, 0.29) is 12.5 Å². The molecule has 1 N–H and O–H groups in total. The van der Waals surface area contributed by atoms with Gasteiger partial charge in [-0.25, -0.2) is 4.79 Å². The molecule has 0 fully saturated rings. The molecule has 1 aromatic carbocycles. The second kappa shape index (κ2) is 5.56. The first-order valence-electron chi connectivity index (χ1n) is 6.00. The molecule has 0 radical (unpaired) electrons. The molecule has 19 heavy (non-hydrogen) atoms. The zero-order chi connectivity index (χ0) is 13.8. The highest BCUT2D eigenvalue weighted by atomic mass is 16.5. The molecule has 5 nitrogen and oxygen atoms in total. The molecule has 0 unspecified atom stereocenters. The first-order valence-corrected chi connectivity index (χ1v) is 6.00. The van der Waals surface area contributed by atoms with E-state index in [1.807, 2.05) is 0 Å². The quantitative estimate of drug-likeness (QED) is 0.818. The Morgan fingerprint density at radius 3 is 2.95 bits per heavy atom. The van der Waals surface area contributed by atoms with Crippen molar-refractivity contribution in [3.05, 3.63) is 36.4 Å². The second-order valence-corrected chi connectivity index (χ2v) is 4.27. The average molecular weight is 261 g/mol. The number of anilines is 1. The number of fused-ring (bicyclic) bond motifs is 1. The molecular weight excluding hydrogens is 246 g/mol. The summed E-state index contributed by atoms with van der Waals surface area (Å²) in [5, 5.41) is 8.57. The van der Waals surface area contributed by atoms with Crippen LogP contribution in [0.5, 0.6) is 5.75 Å². The summed E-state index contributed by atoms with van der Waals surface area (Å²) in [7, 11) is 0. The van der Waals surface area contributed by atoms with Gasteiger partial charge in [-0.1, -0.05) is 6.08 Å². The van der Waals surface area contributed by atoms with Gasteiger partial charge in [0.15, 0.2) is 6.61 Å². The number of nitrogens with zero attached hydrogens (tertiary/aromatic N) is 1. The van der Waals surface area contributed by atoms with Crippen LogP contribution in [0.25, 0.3) is 0 Å². The minimum absolute atomic E-state index is 0.0756. The summed E-state index contributed by atoms with van der Waals surface area (Å²) in [6, 6.07) is 5.25. The third-order valence-electron chi connectivity index (χ3n) is 2.92. The van der Waals surface area contributed by atoms with E-state index in [1.54, 1.807) is 29.2 Å². The van der Waals surface area contributed by atoms with Crippen LogP contribution in [0.4, 0.5) is 5.69 Å². The van der Waals surface area contributed by atoms with Gasteiger partial charge in [0.05, 0.1) is 0 Å². The van der Waals surface area contributed by atoms with E-state index in [0.29, 0.717) is 25.1 Å². The lowest BCUT2D eigenvalue weighted by Crippen LogP contribution is -2.35. The summed E-state index contributed by atoms with van der Waals surface area (Å²) in [6.07, 6.45) is 2.77. The van der Waals surface area contributed by atoms with Crippen molar-refractivity contribution in [3.63, 3.8) is 0 Å². The topological polar surface area (TPSA) is 66.8 Å². The summed E-state index contributed by atoms with van der Waals surface area (Å²) in [5.41, 5.74) is 1.84. The molecule has 5 heteroatoms. The molecule has 0 saturated carbocycles. The first kappa shape index (κ1) is 13.1. The van der Waals surface area contributed by atoms with E-state index in [0.717, 1.165) is 11.3 Å². The standard InChI is InChI=1S/C14H15NO4/c1-2-7-15-12-5-4-11(19-9-14(17)18)8-10(12)3-6-13(15)16/h2,4-5,8H,1,3,6-7,9H2,(H,17,18). The van der Waals surface area contributed by atoms with Crippen molar-refractivity contribution in [1.29, 1.82) is 0 Å².